The Morgan fingerprint density at radius 3 is 2.14 bits per heavy atom. The molecule has 1 saturated heterocycles. The van der Waals surface area contributed by atoms with E-state index in [4.69, 9.17) is 5.73 Å². The molecular weight excluding hydrogens is 505 g/mol. The Labute approximate surface area is 220 Å². The van der Waals surface area contributed by atoms with Crippen LogP contribution >= 0.6 is 24.8 Å². The van der Waals surface area contributed by atoms with E-state index in [1.807, 2.05) is 18.2 Å². The molecule has 9 heteroatoms. The summed E-state index contributed by atoms with van der Waals surface area (Å²) in [5, 5.41) is 7.28. The molecule has 190 valence electrons. The average molecular weight is 533 g/mol. The highest BCUT2D eigenvalue weighted by Gasteiger charge is 2.25. The van der Waals surface area contributed by atoms with Crippen LogP contribution < -0.4 is 16.4 Å². The summed E-state index contributed by atoms with van der Waals surface area (Å²) >= 11 is 0. The lowest BCUT2D eigenvalue weighted by Crippen LogP contribution is -2.37. The van der Waals surface area contributed by atoms with Gasteiger partial charge in [0.25, 0.3) is 5.91 Å². The molecule has 0 spiro atoms. The van der Waals surface area contributed by atoms with Crippen molar-refractivity contribution in [3.8, 4) is 22.3 Å². The number of carbonyl (C=O) groups is 1. The number of carbonyl (C=O) groups excluding carboxylic acids is 1. The summed E-state index contributed by atoms with van der Waals surface area (Å²) in [6.45, 7) is 1.98. The van der Waals surface area contributed by atoms with Crippen LogP contribution in [0.3, 0.4) is 0 Å². The number of amides is 1. The predicted molar refractivity (Wildman–Crippen MR) is 145 cm³/mol. The molecule has 4 aromatic rings. The number of aromatic nitrogens is 1. The maximum atomic E-state index is 13.6. The zero-order valence-corrected chi connectivity index (χ0v) is 21.0. The summed E-state index contributed by atoms with van der Waals surface area (Å²) in [6, 6.07) is 18.4. The highest BCUT2D eigenvalue weighted by Crippen LogP contribution is 2.35. The van der Waals surface area contributed by atoms with Gasteiger partial charge in [-0.2, -0.15) is 0 Å². The van der Waals surface area contributed by atoms with Gasteiger partial charge in [0.1, 0.15) is 17.3 Å². The van der Waals surface area contributed by atoms with Gasteiger partial charge >= 0.3 is 0 Å². The molecule has 0 unspecified atom stereocenters. The molecule has 5 nitrogen and oxygen atoms in total. The Morgan fingerprint density at radius 2 is 1.53 bits per heavy atom. The van der Waals surface area contributed by atoms with Gasteiger partial charge in [-0.15, -0.1) is 24.8 Å². The Kier molecular flexibility index (Phi) is 9.08. The first-order chi connectivity index (χ1) is 16.5. The Morgan fingerprint density at radius 1 is 0.917 bits per heavy atom. The number of hydrogen-bond donors (Lipinski definition) is 4. The first-order valence-electron chi connectivity index (χ1n) is 11.4. The van der Waals surface area contributed by atoms with Crippen LogP contribution in [-0.4, -0.2) is 36.6 Å². The van der Waals surface area contributed by atoms with Gasteiger partial charge in [-0.05, 0) is 72.5 Å². The molecule has 1 aromatic heterocycles. The highest BCUT2D eigenvalue weighted by atomic mass is 35.5. The van der Waals surface area contributed by atoms with Crippen molar-refractivity contribution in [3.63, 3.8) is 0 Å². The second-order valence-electron chi connectivity index (χ2n) is 8.80. The lowest BCUT2D eigenvalue weighted by atomic mass is 9.99. The van der Waals surface area contributed by atoms with Gasteiger partial charge < -0.3 is 21.4 Å². The summed E-state index contributed by atoms with van der Waals surface area (Å²) in [6.07, 6.45) is 0.926. The minimum absolute atomic E-state index is 0. The summed E-state index contributed by atoms with van der Waals surface area (Å²) in [5.41, 5.74) is 10.2. The van der Waals surface area contributed by atoms with Crippen molar-refractivity contribution in [3.05, 3.63) is 84.1 Å². The van der Waals surface area contributed by atoms with Gasteiger partial charge in [0.15, 0.2) is 0 Å². The van der Waals surface area contributed by atoms with Crippen molar-refractivity contribution in [2.75, 3.05) is 19.6 Å². The number of rotatable bonds is 6. The molecule has 1 fully saturated rings. The fourth-order valence-electron chi connectivity index (χ4n) is 4.65. The van der Waals surface area contributed by atoms with E-state index in [1.165, 1.54) is 24.3 Å². The molecule has 5 rings (SSSR count). The quantitative estimate of drug-likeness (QED) is 0.272. The third kappa shape index (κ3) is 5.71. The number of nitrogens with two attached hydrogens (primary N) is 1. The van der Waals surface area contributed by atoms with E-state index in [0.717, 1.165) is 46.1 Å². The van der Waals surface area contributed by atoms with E-state index in [0.29, 0.717) is 24.7 Å². The lowest BCUT2D eigenvalue weighted by molar-refractivity contribution is 0.0946. The third-order valence-corrected chi connectivity index (χ3v) is 6.49. The molecule has 36 heavy (non-hydrogen) atoms. The van der Waals surface area contributed by atoms with Crippen molar-refractivity contribution in [1.29, 1.82) is 0 Å². The molecule has 2 heterocycles. The molecule has 0 aliphatic carbocycles. The predicted octanol–water partition coefficient (Wildman–Crippen LogP) is 5.29. The molecule has 1 aliphatic heterocycles. The standard InChI is InChI=1S/C27H26F2N4O.2ClH/c28-20-6-1-17(2-7-20)19-5-10-23-24(12-19)33-26(25(23)18-3-8-21(29)9-4-18)27(34)32-15-22-11-16(13-30)14-31-22;;/h1-10,12,16,22,31,33H,11,13-15,30H2,(H,32,34);2*1H/t16-,22-;;/m0../s1. The van der Waals surface area contributed by atoms with Crippen LogP contribution in [0, 0.1) is 17.6 Å². The van der Waals surface area contributed by atoms with Gasteiger partial charge in [0.05, 0.1) is 0 Å². The molecule has 1 amide bonds. The van der Waals surface area contributed by atoms with E-state index >= 15 is 0 Å². The molecular formula is C27H28Cl2F2N4O. The smallest absolute Gasteiger partial charge is 0.268 e. The number of H-pyrrole nitrogens is 1. The number of aromatic amines is 1. The molecule has 5 N–H and O–H groups in total. The van der Waals surface area contributed by atoms with Gasteiger partial charge in [0.2, 0.25) is 0 Å². The molecule has 3 aromatic carbocycles. The minimum Gasteiger partial charge on any atom is -0.350 e. The van der Waals surface area contributed by atoms with E-state index < -0.39 is 0 Å². The second kappa shape index (κ2) is 11.8. The third-order valence-electron chi connectivity index (χ3n) is 6.49. The van der Waals surface area contributed by atoms with Gasteiger partial charge in [0, 0.05) is 29.1 Å². The fourth-order valence-corrected chi connectivity index (χ4v) is 4.65. The van der Waals surface area contributed by atoms with Crippen LogP contribution in [0.25, 0.3) is 33.2 Å². The lowest BCUT2D eigenvalue weighted by Gasteiger charge is -2.12. The maximum absolute atomic E-state index is 13.6. The monoisotopic (exact) mass is 532 g/mol. The van der Waals surface area contributed by atoms with Gasteiger partial charge in [-0.1, -0.05) is 36.4 Å². The van der Waals surface area contributed by atoms with Crippen molar-refractivity contribution < 1.29 is 13.6 Å². The number of benzene rings is 3. The maximum Gasteiger partial charge on any atom is 0.268 e. The zero-order chi connectivity index (χ0) is 23.7. The van der Waals surface area contributed by atoms with Gasteiger partial charge in [-0.25, -0.2) is 8.78 Å². The molecule has 0 saturated carbocycles. The van der Waals surface area contributed by atoms with Crippen LogP contribution in [0.1, 0.15) is 16.9 Å². The van der Waals surface area contributed by atoms with Crippen LogP contribution in [0.4, 0.5) is 8.78 Å². The van der Waals surface area contributed by atoms with Crippen molar-refractivity contribution in [2.45, 2.75) is 12.5 Å². The van der Waals surface area contributed by atoms with E-state index in [9.17, 15) is 13.6 Å². The van der Waals surface area contributed by atoms with E-state index in [-0.39, 0.29) is 48.4 Å². The van der Waals surface area contributed by atoms with Crippen LogP contribution in [0.5, 0.6) is 0 Å². The SMILES string of the molecule is Cl.Cl.NC[C@H]1CN[C@H](CNC(=O)c2[nH]c3cc(-c4ccc(F)cc4)ccc3c2-c2ccc(F)cc2)C1. The Bertz CT molecular complexity index is 1330. The summed E-state index contributed by atoms with van der Waals surface area (Å²) < 4.78 is 26.9. The van der Waals surface area contributed by atoms with Crippen molar-refractivity contribution in [2.24, 2.45) is 11.7 Å². The minimum atomic E-state index is -0.338. The highest BCUT2D eigenvalue weighted by molar-refractivity contribution is 6.10. The topological polar surface area (TPSA) is 82.9 Å². The number of fused-ring (bicyclic) bond motifs is 1. The van der Waals surface area contributed by atoms with Crippen LogP contribution in [0.15, 0.2) is 66.7 Å². The first kappa shape index (κ1) is 27.6. The average Bonchev–Trinajstić information content (AvgIpc) is 3.48. The van der Waals surface area contributed by atoms with Crippen LogP contribution in [-0.2, 0) is 0 Å². The van der Waals surface area contributed by atoms with Crippen molar-refractivity contribution in [1.82, 2.24) is 15.6 Å². The molecule has 1 aliphatic rings. The van der Waals surface area contributed by atoms with E-state index in [2.05, 4.69) is 15.6 Å². The van der Waals surface area contributed by atoms with Gasteiger partial charge in [-0.3, -0.25) is 4.79 Å². The zero-order valence-electron chi connectivity index (χ0n) is 19.4. The fraction of sp³-hybridized carbons (Fsp3) is 0.222. The summed E-state index contributed by atoms with van der Waals surface area (Å²) in [5.74, 6) is -0.432. The normalized spacial score (nSPS) is 16.9. The number of halogens is 4. The molecule has 2 atom stereocenters. The largest absolute Gasteiger partial charge is 0.350 e. The van der Waals surface area contributed by atoms with Crippen molar-refractivity contribution >= 4 is 41.6 Å². The molecule has 0 radical (unpaired) electrons. The van der Waals surface area contributed by atoms with E-state index in [1.54, 1.807) is 24.3 Å². The van der Waals surface area contributed by atoms with Crippen LogP contribution in [0.2, 0.25) is 0 Å². The first-order valence-corrected chi connectivity index (χ1v) is 11.4. The molecule has 0 bridgehead atoms. The summed E-state index contributed by atoms with van der Waals surface area (Å²) in [4.78, 5) is 16.5. The second-order valence-corrected chi connectivity index (χ2v) is 8.80. The number of hydrogen-bond acceptors (Lipinski definition) is 3. The Hall–Kier alpha value is -2.97. The summed E-state index contributed by atoms with van der Waals surface area (Å²) in [7, 11) is 0. The Balaban J connectivity index is 0.00000180. The number of nitrogens with one attached hydrogen (secondary N) is 3.